The van der Waals surface area contributed by atoms with E-state index in [1.54, 1.807) is 0 Å². The summed E-state index contributed by atoms with van der Waals surface area (Å²) in [4.78, 5) is 20.8. The fourth-order valence-electron chi connectivity index (χ4n) is 4.33. The summed E-state index contributed by atoms with van der Waals surface area (Å²) in [7, 11) is 1.92. The number of hydrogen-bond acceptors (Lipinski definition) is 3. The van der Waals surface area contributed by atoms with E-state index < -0.39 is 0 Å². The van der Waals surface area contributed by atoms with Gasteiger partial charge in [0, 0.05) is 31.2 Å². The molecule has 0 atom stereocenters. The van der Waals surface area contributed by atoms with Gasteiger partial charge in [0.25, 0.3) is 5.91 Å². The second kappa shape index (κ2) is 7.22. The smallest absolute Gasteiger partial charge is 0.255 e. The lowest BCUT2D eigenvalue weighted by molar-refractivity contribution is 0.0731. The van der Waals surface area contributed by atoms with E-state index in [0.29, 0.717) is 24.4 Å². The van der Waals surface area contributed by atoms with E-state index in [0.717, 1.165) is 53.7 Å². The molecule has 0 aliphatic heterocycles. The van der Waals surface area contributed by atoms with Crippen molar-refractivity contribution < 1.29 is 4.79 Å². The highest BCUT2D eigenvalue weighted by molar-refractivity contribution is 6.06. The molecule has 1 amide bonds. The standard InChI is InChI=1S/C25H30N4O/c1-15(2)18-7-5-17(6-8-18)14-29(20-11-12-20)25(30)21-13-22(19-9-10-19)26-24-23(21)16(3)27-28(24)4/h5-8,13,15,19-20H,9-12,14H2,1-4H3. The van der Waals surface area contributed by atoms with Crippen LogP contribution in [0.2, 0.25) is 0 Å². The first-order chi connectivity index (χ1) is 14.4. The summed E-state index contributed by atoms with van der Waals surface area (Å²) >= 11 is 0. The van der Waals surface area contributed by atoms with Crippen LogP contribution in [0.5, 0.6) is 0 Å². The van der Waals surface area contributed by atoms with Crippen LogP contribution in [0.4, 0.5) is 0 Å². The fraction of sp³-hybridized carbons (Fsp3) is 0.480. The van der Waals surface area contributed by atoms with Crippen LogP contribution in [0.1, 0.15) is 84.2 Å². The number of rotatable bonds is 6. The molecule has 5 rings (SSSR count). The quantitative estimate of drug-likeness (QED) is 0.578. The van der Waals surface area contributed by atoms with E-state index in [1.807, 2.05) is 24.7 Å². The minimum Gasteiger partial charge on any atom is -0.331 e. The van der Waals surface area contributed by atoms with Crippen LogP contribution in [-0.4, -0.2) is 31.6 Å². The van der Waals surface area contributed by atoms with Crippen molar-refractivity contribution >= 4 is 16.9 Å². The lowest BCUT2D eigenvalue weighted by Crippen LogP contribution is -2.33. The Morgan fingerprint density at radius 2 is 1.87 bits per heavy atom. The summed E-state index contributed by atoms with van der Waals surface area (Å²) in [6.45, 7) is 7.04. The van der Waals surface area contributed by atoms with Gasteiger partial charge in [-0.2, -0.15) is 5.10 Å². The average Bonchev–Trinajstić information content (AvgIpc) is 3.64. The zero-order valence-corrected chi connectivity index (χ0v) is 18.4. The minimum atomic E-state index is 0.121. The molecule has 2 aromatic heterocycles. The van der Waals surface area contributed by atoms with Gasteiger partial charge in [-0.15, -0.1) is 0 Å². The number of fused-ring (bicyclic) bond motifs is 1. The van der Waals surface area contributed by atoms with Crippen molar-refractivity contribution in [3.05, 3.63) is 58.4 Å². The summed E-state index contributed by atoms with van der Waals surface area (Å²) in [5, 5.41) is 5.48. The van der Waals surface area contributed by atoms with Gasteiger partial charge in [0.2, 0.25) is 0 Å². The molecule has 5 nitrogen and oxygen atoms in total. The van der Waals surface area contributed by atoms with Crippen molar-refractivity contribution in [2.24, 2.45) is 7.05 Å². The predicted octanol–water partition coefficient (Wildman–Crippen LogP) is 5.08. The molecule has 0 spiro atoms. The molecule has 2 aliphatic rings. The molecule has 2 heterocycles. The van der Waals surface area contributed by atoms with Gasteiger partial charge < -0.3 is 4.90 Å². The van der Waals surface area contributed by atoms with E-state index in [4.69, 9.17) is 4.98 Å². The number of benzene rings is 1. The molecule has 2 saturated carbocycles. The van der Waals surface area contributed by atoms with Gasteiger partial charge in [-0.05, 0) is 55.7 Å². The maximum absolute atomic E-state index is 13.8. The van der Waals surface area contributed by atoms with E-state index in [2.05, 4.69) is 48.1 Å². The molecule has 0 radical (unpaired) electrons. The Morgan fingerprint density at radius 1 is 1.17 bits per heavy atom. The normalized spacial score (nSPS) is 16.4. The molecule has 2 fully saturated rings. The Kier molecular flexibility index (Phi) is 4.64. The summed E-state index contributed by atoms with van der Waals surface area (Å²) in [6.07, 6.45) is 4.51. The number of nitrogens with zero attached hydrogens (tertiary/aromatic N) is 4. The highest BCUT2D eigenvalue weighted by atomic mass is 16.2. The Balaban J connectivity index is 1.52. The molecular formula is C25H30N4O. The topological polar surface area (TPSA) is 51.0 Å². The molecule has 1 aromatic carbocycles. The maximum Gasteiger partial charge on any atom is 0.255 e. The summed E-state index contributed by atoms with van der Waals surface area (Å²) in [5.74, 6) is 1.13. The third kappa shape index (κ3) is 3.51. The van der Waals surface area contributed by atoms with E-state index in [1.165, 1.54) is 11.1 Å². The molecule has 5 heteroatoms. The Labute approximate surface area is 178 Å². The lowest BCUT2D eigenvalue weighted by atomic mass is 10.0. The number of amides is 1. The van der Waals surface area contributed by atoms with Crippen LogP contribution < -0.4 is 0 Å². The van der Waals surface area contributed by atoms with Gasteiger partial charge in [0.15, 0.2) is 5.65 Å². The second-order valence-electron chi connectivity index (χ2n) is 9.34. The van der Waals surface area contributed by atoms with Crippen molar-refractivity contribution in [2.45, 2.75) is 70.9 Å². The molecule has 3 aromatic rings. The molecule has 30 heavy (non-hydrogen) atoms. The predicted molar refractivity (Wildman–Crippen MR) is 119 cm³/mol. The van der Waals surface area contributed by atoms with Crippen LogP contribution in [0.3, 0.4) is 0 Å². The SMILES string of the molecule is Cc1nn(C)c2nc(C3CC3)cc(C(=O)N(Cc3ccc(C(C)C)cc3)C3CC3)c12. The largest absolute Gasteiger partial charge is 0.331 e. The van der Waals surface area contributed by atoms with Crippen molar-refractivity contribution in [1.82, 2.24) is 19.7 Å². The van der Waals surface area contributed by atoms with E-state index in [-0.39, 0.29) is 5.91 Å². The summed E-state index contributed by atoms with van der Waals surface area (Å²) < 4.78 is 1.82. The minimum absolute atomic E-state index is 0.121. The summed E-state index contributed by atoms with van der Waals surface area (Å²) in [6, 6.07) is 11.1. The Morgan fingerprint density at radius 3 is 2.47 bits per heavy atom. The molecule has 0 unspecified atom stereocenters. The van der Waals surface area contributed by atoms with Gasteiger partial charge in [-0.3, -0.25) is 9.48 Å². The number of carbonyl (C=O) groups excluding carboxylic acids is 1. The van der Waals surface area contributed by atoms with Crippen molar-refractivity contribution in [2.75, 3.05) is 0 Å². The number of carbonyl (C=O) groups is 1. The third-order valence-electron chi connectivity index (χ3n) is 6.46. The average molecular weight is 403 g/mol. The lowest BCUT2D eigenvalue weighted by Gasteiger charge is -2.24. The molecular weight excluding hydrogens is 372 g/mol. The van der Waals surface area contributed by atoms with Crippen LogP contribution in [0, 0.1) is 6.92 Å². The van der Waals surface area contributed by atoms with Crippen molar-refractivity contribution in [3.8, 4) is 0 Å². The van der Waals surface area contributed by atoms with Gasteiger partial charge in [-0.1, -0.05) is 38.1 Å². The molecule has 156 valence electrons. The van der Waals surface area contributed by atoms with Crippen molar-refractivity contribution in [1.29, 1.82) is 0 Å². The molecule has 0 saturated heterocycles. The van der Waals surface area contributed by atoms with Crippen LogP contribution in [0.25, 0.3) is 11.0 Å². The number of pyridine rings is 1. The zero-order chi connectivity index (χ0) is 21.0. The third-order valence-corrected chi connectivity index (χ3v) is 6.46. The fourth-order valence-corrected chi connectivity index (χ4v) is 4.33. The Hall–Kier alpha value is -2.69. The molecule has 0 bridgehead atoms. The number of aryl methyl sites for hydroxylation is 2. The monoisotopic (exact) mass is 402 g/mol. The zero-order valence-electron chi connectivity index (χ0n) is 18.4. The highest BCUT2D eigenvalue weighted by Crippen LogP contribution is 2.41. The van der Waals surface area contributed by atoms with E-state index in [9.17, 15) is 4.79 Å². The first-order valence-electron chi connectivity index (χ1n) is 11.2. The first-order valence-corrected chi connectivity index (χ1v) is 11.2. The Bertz CT molecular complexity index is 1100. The van der Waals surface area contributed by atoms with Crippen molar-refractivity contribution in [3.63, 3.8) is 0 Å². The van der Waals surface area contributed by atoms with E-state index >= 15 is 0 Å². The summed E-state index contributed by atoms with van der Waals surface area (Å²) in [5.41, 5.74) is 6.05. The number of aromatic nitrogens is 3. The molecule has 2 aliphatic carbocycles. The van der Waals surface area contributed by atoms with Gasteiger partial charge in [0.05, 0.1) is 16.6 Å². The van der Waals surface area contributed by atoms with Gasteiger partial charge in [0.1, 0.15) is 0 Å². The van der Waals surface area contributed by atoms with Crippen LogP contribution in [-0.2, 0) is 13.6 Å². The second-order valence-corrected chi connectivity index (χ2v) is 9.34. The first kappa shape index (κ1) is 19.3. The van der Waals surface area contributed by atoms with Crippen LogP contribution >= 0.6 is 0 Å². The van der Waals surface area contributed by atoms with Gasteiger partial charge >= 0.3 is 0 Å². The number of hydrogen-bond donors (Lipinski definition) is 0. The molecule has 0 N–H and O–H groups in total. The van der Waals surface area contributed by atoms with Crippen LogP contribution in [0.15, 0.2) is 30.3 Å². The maximum atomic E-state index is 13.8. The van der Waals surface area contributed by atoms with Gasteiger partial charge in [-0.25, -0.2) is 4.98 Å². The highest BCUT2D eigenvalue weighted by Gasteiger charge is 2.35.